The predicted molar refractivity (Wildman–Crippen MR) is 105 cm³/mol. The molecule has 1 N–H and O–H groups in total. The molecule has 154 valence electrons. The number of aliphatic hydroxyl groups excluding tert-OH is 1. The SMILES string of the molecule is C=C[C@@H](O)[C@H](COC(=O)C(C)(C)C)O[C@@H]1CO[C@@H](c2ccccc2)O[C@H]1C=C. The molecule has 0 saturated carbocycles. The van der Waals surface area contributed by atoms with Gasteiger partial charge < -0.3 is 24.1 Å². The first-order valence-electron chi connectivity index (χ1n) is 9.34. The lowest BCUT2D eigenvalue weighted by atomic mass is 9.97. The second-order valence-corrected chi connectivity index (χ2v) is 7.70. The van der Waals surface area contributed by atoms with Gasteiger partial charge >= 0.3 is 5.97 Å². The van der Waals surface area contributed by atoms with Gasteiger partial charge in [-0.25, -0.2) is 0 Å². The standard InChI is InChI=1S/C22H30O6/c1-6-16(23)18(13-26-21(24)22(3,4)5)27-19-14-25-20(28-17(19)7-2)15-11-9-8-10-12-15/h6-12,16-20,23H,1-2,13-14H2,3-5H3/t16-,17+,18+,19-,20-/m1/s1. The number of carbonyl (C=O) groups is 1. The van der Waals surface area contributed by atoms with Crippen molar-refractivity contribution in [1.82, 2.24) is 0 Å². The minimum absolute atomic E-state index is 0.105. The number of benzene rings is 1. The number of hydrogen-bond donors (Lipinski definition) is 1. The maximum atomic E-state index is 12.0. The summed E-state index contributed by atoms with van der Waals surface area (Å²) in [7, 11) is 0. The summed E-state index contributed by atoms with van der Waals surface area (Å²) in [4.78, 5) is 12.0. The van der Waals surface area contributed by atoms with Crippen LogP contribution in [0.2, 0.25) is 0 Å². The summed E-state index contributed by atoms with van der Waals surface area (Å²) in [5.41, 5.74) is 0.252. The Hall–Kier alpha value is -1.99. The smallest absolute Gasteiger partial charge is 0.311 e. The largest absolute Gasteiger partial charge is 0.462 e. The van der Waals surface area contributed by atoms with E-state index in [-0.39, 0.29) is 19.2 Å². The van der Waals surface area contributed by atoms with Crippen molar-refractivity contribution in [3.05, 3.63) is 61.2 Å². The molecule has 0 aliphatic carbocycles. The first kappa shape index (κ1) is 22.3. The Kier molecular flexibility index (Phi) is 7.95. The maximum absolute atomic E-state index is 12.0. The lowest BCUT2D eigenvalue weighted by Crippen LogP contribution is -2.46. The second kappa shape index (κ2) is 9.98. The number of esters is 1. The van der Waals surface area contributed by atoms with Crippen molar-refractivity contribution >= 4 is 5.97 Å². The normalized spacial score (nSPS) is 24.8. The van der Waals surface area contributed by atoms with E-state index in [1.54, 1.807) is 26.8 Å². The fourth-order valence-corrected chi connectivity index (χ4v) is 2.62. The molecule has 1 aromatic rings. The molecular formula is C22H30O6. The van der Waals surface area contributed by atoms with Crippen molar-refractivity contribution in [3.63, 3.8) is 0 Å². The minimum Gasteiger partial charge on any atom is -0.462 e. The van der Waals surface area contributed by atoms with E-state index in [0.29, 0.717) is 0 Å². The Morgan fingerprint density at radius 3 is 2.57 bits per heavy atom. The minimum atomic E-state index is -1.01. The first-order chi connectivity index (χ1) is 13.3. The van der Waals surface area contributed by atoms with Crippen molar-refractivity contribution in [2.45, 2.75) is 51.5 Å². The molecule has 6 heteroatoms. The Morgan fingerprint density at radius 1 is 1.32 bits per heavy atom. The van der Waals surface area contributed by atoms with Crippen molar-refractivity contribution in [2.75, 3.05) is 13.2 Å². The molecule has 1 heterocycles. The maximum Gasteiger partial charge on any atom is 0.311 e. The zero-order valence-electron chi connectivity index (χ0n) is 16.7. The summed E-state index contributed by atoms with van der Waals surface area (Å²) >= 11 is 0. The van der Waals surface area contributed by atoms with Gasteiger partial charge in [-0.3, -0.25) is 4.79 Å². The highest BCUT2D eigenvalue weighted by atomic mass is 16.7. The Labute approximate surface area is 166 Å². The lowest BCUT2D eigenvalue weighted by Gasteiger charge is -2.37. The average Bonchev–Trinajstić information content (AvgIpc) is 2.70. The molecule has 1 fully saturated rings. The van der Waals surface area contributed by atoms with Crippen LogP contribution in [0.15, 0.2) is 55.6 Å². The molecular weight excluding hydrogens is 360 g/mol. The van der Waals surface area contributed by atoms with E-state index in [1.165, 1.54) is 6.08 Å². The molecule has 0 bridgehead atoms. The molecule has 2 rings (SSSR count). The summed E-state index contributed by atoms with van der Waals surface area (Å²) < 4.78 is 23.0. The third-order valence-electron chi connectivity index (χ3n) is 4.33. The highest BCUT2D eigenvalue weighted by Gasteiger charge is 2.35. The van der Waals surface area contributed by atoms with Gasteiger partial charge in [0.15, 0.2) is 6.29 Å². The summed E-state index contributed by atoms with van der Waals surface area (Å²) in [5.74, 6) is -0.377. The fraction of sp³-hybridized carbons (Fsp3) is 0.500. The topological polar surface area (TPSA) is 74.2 Å². The van der Waals surface area contributed by atoms with E-state index in [9.17, 15) is 9.90 Å². The van der Waals surface area contributed by atoms with Crippen LogP contribution in [0, 0.1) is 5.41 Å². The zero-order valence-corrected chi connectivity index (χ0v) is 16.7. The van der Waals surface area contributed by atoms with E-state index in [2.05, 4.69) is 13.2 Å². The molecule has 28 heavy (non-hydrogen) atoms. The van der Waals surface area contributed by atoms with Crippen LogP contribution in [0.3, 0.4) is 0 Å². The number of hydrogen-bond acceptors (Lipinski definition) is 6. The molecule has 0 unspecified atom stereocenters. The van der Waals surface area contributed by atoms with E-state index >= 15 is 0 Å². The monoisotopic (exact) mass is 390 g/mol. The summed E-state index contributed by atoms with van der Waals surface area (Å²) in [5, 5.41) is 10.2. The van der Waals surface area contributed by atoms with Gasteiger partial charge in [-0.1, -0.05) is 42.5 Å². The van der Waals surface area contributed by atoms with E-state index < -0.39 is 36.1 Å². The third kappa shape index (κ3) is 6.01. The summed E-state index contributed by atoms with van der Waals surface area (Å²) in [6.07, 6.45) is -0.299. The fourth-order valence-electron chi connectivity index (χ4n) is 2.62. The van der Waals surface area contributed by atoms with Crippen molar-refractivity contribution in [2.24, 2.45) is 5.41 Å². The lowest BCUT2D eigenvalue weighted by molar-refractivity contribution is -0.266. The number of rotatable bonds is 8. The van der Waals surface area contributed by atoms with Gasteiger partial charge in [0.05, 0.1) is 12.0 Å². The van der Waals surface area contributed by atoms with Gasteiger partial charge in [0.2, 0.25) is 0 Å². The quantitative estimate of drug-likeness (QED) is 0.543. The highest BCUT2D eigenvalue weighted by Crippen LogP contribution is 2.29. The van der Waals surface area contributed by atoms with Crippen LogP contribution in [-0.4, -0.2) is 48.7 Å². The molecule has 1 saturated heterocycles. The van der Waals surface area contributed by atoms with E-state index in [1.807, 2.05) is 30.3 Å². The van der Waals surface area contributed by atoms with Crippen molar-refractivity contribution < 1.29 is 28.8 Å². The Balaban J connectivity index is 2.01. The number of aliphatic hydroxyl groups is 1. The molecule has 0 amide bonds. The van der Waals surface area contributed by atoms with Gasteiger partial charge in [0, 0.05) is 5.56 Å². The molecule has 0 spiro atoms. The van der Waals surface area contributed by atoms with Crippen LogP contribution in [0.1, 0.15) is 32.6 Å². The van der Waals surface area contributed by atoms with Crippen LogP contribution in [0.4, 0.5) is 0 Å². The third-order valence-corrected chi connectivity index (χ3v) is 4.33. The number of carbonyl (C=O) groups excluding carboxylic acids is 1. The van der Waals surface area contributed by atoms with Crippen LogP contribution in [0.5, 0.6) is 0 Å². The van der Waals surface area contributed by atoms with Gasteiger partial charge in [-0.15, -0.1) is 13.2 Å². The van der Waals surface area contributed by atoms with Crippen LogP contribution in [-0.2, 0) is 23.7 Å². The van der Waals surface area contributed by atoms with Gasteiger partial charge in [0.1, 0.15) is 31.0 Å². The highest BCUT2D eigenvalue weighted by molar-refractivity contribution is 5.75. The molecule has 1 aromatic carbocycles. The molecule has 6 nitrogen and oxygen atoms in total. The van der Waals surface area contributed by atoms with Gasteiger partial charge in [0.25, 0.3) is 0 Å². The molecule has 5 atom stereocenters. The summed E-state index contributed by atoms with van der Waals surface area (Å²) in [6, 6.07) is 9.58. The predicted octanol–water partition coefficient (Wildman–Crippen LogP) is 3.18. The number of ether oxygens (including phenoxy) is 4. The first-order valence-corrected chi connectivity index (χ1v) is 9.34. The Morgan fingerprint density at radius 2 is 2.00 bits per heavy atom. The average molecular weight is 390 g/mol. The molecule has 0 aromatic heterocycles. The van der Waals surface area contributed by atoms with Gasteiger partial charge in [-0.2, -0.15) is 0 Å². The van der Waals surface area contributed by atoms with E-state index in [0.717, 1.165) is 5.56 Å². The second-order valence-electron chi connectivity index (χ2n) is 7.70. The van der Waals surface area contributed by atoms with Crippen LogP contribution >= 0.6 is 0 Å². The summed E-state index contributed by atoms with van der Waals surface area (Å²) in [6.45, 7) is 12.8. The van der Waals surface area contributed by atoms with Crippen LogP contribution < -0.4 is 0 Å². The van der Waals surface area contributed by atoms with Crippen molar-refractivity contribution in [1.29, 1.82) is 0 Å². The molecule has 1 aliphatic rings. The van der Waals surface area contributed by atoms with E-state index in [4.69, 9.17) is 18.9 Å². The van der Waals surface area contributed by atoms with Gasteiger partial charge in [-0.05, 0) is 20.8 Å². The molecule has 0 radical (unpaired) electrons. The zero-order chi connectivity index (χ0) is 20.7. The molecule has 1 aliphatic heterocycles. The van der Waals surface area contributed by atoms with Crippen LogP contribution in [0.25, 0.3) is 0 Å². The Bertz CT molecular complexity index is 651. The van der Waals surface area contributed by atoms with Crippen molar-refractivity contribution in [3.8, 4) is 0 Å².